The number of aryl methyl sites for hydroxylation is 1. The molecule has 0 saturated heterocycles. The molecule has 0 N–H and O–H groups in total. The maximum Gasteiger partial charge on any atom is 0.417 e. The Morgan fingerprint density at radius 1 is 1.15 bits per heavy atom. The van der Waals surface area contributed by atoms with E-state index in [-0.39, 0.29) is 11.8 Å². The van der Waals surface area contributed by atoms with E-state index in [0.717, 1.165) is 23.3 Å². The number of hydrogen-bond acceptors (Lipinski definition) is 1. The molecule has 1 nitrogen and oxygen atoms in total. The second kappa shape index (κ2) is 8.04. The van der Waals surface area contributed by atoms with Crippen LogP contribution in [0, 0.1) is 13.8 Å². The van der Waals surface area contributed by atoms with Crippen LogP contribution in [0.3, 0.4) is 0 Å². The number of carbonyl (C=O) groups is 1. The van der Waals surface area contributed by atoms with Gasteiger partial charge in [0.05, 0.1) is 12.2 Å². The monoisotopic (exact) mass is 384 g/mol. The van der Waals surface area contributed by atoms with Crippen LogP contribution in [-0.2, 0) is 6.18 Å². The first kappa shape index (κ1) is 20.2. The van der Waals surface area contributed by atoms with Crippen LogP contribution >= 0.6 is 11.6 Å². The zero-order valence-electron chi connectivity index (χ0n) is 14.2. The molecule has 138 valence electrons. The number of rotatable bonds is 5. The number of benzene rings is 2. The van der Waals surface area contributed by atoms with Gasteiger partial charge in [0.1, 0.15) is 0 Å². The Bertz CT molecular complexity index is 817. The molecule has 26 heavy (non-hydrogen) atoms. The summed E-state index contributed by atoms with van der Waals surface area (Å²) in [5.41, 5.74) is 1.25. The molecule has 0 saturated carbocycles. The summed E-state index contributed by atoms with van der Waals surface area (Å²) < 4.78 is 52.5. The molecule has 1 atom stereocenters. The van der Waals surface area contributed by atoms with Crippen LogP contribution in [0.2, 0.25) is 5.02 Å². The molecule has 0 amide bonds. The van der Waals surface area contributed by atoms with Crippen molar-refractivity contribution < 1.29 is 22.4 Å². The van der Waals surface area contributed by atoms with Crippen LogP contribution in [0.15, 0.2) is 36.4 Å². The van der Waals surface area contributed by atoms with Gasteiger partial charge in [0.25, 0.3) is 0 Å². The molecule has 0 aliphatic rings. The summed E-state index contributed by atoms with van der Waals surface area (Å²) in [6.45, 7) is 3.00. The van der Waals surface area contributed by atoms with Gasteiger partial charge >= 0.3 is 6.18 Å². The van der Waals surface area contributed by atoms with E-state index in [0.29, 0.717) is 10.6 Å². The van der Waals surface area contributed by atoms with Gasteiger partial charge in [-0.25, -0.2) is 0 Å². The first-order valence-electron chi connectivity index (χ1n) is 7.84. The summed E-state index contributed by atoms with van der Waals surface area (Å²) in [6, 6.07) is 6.84. The Kier molecular flexibility index (Phi) is 6.24. The number of alkyl halides is 4. The van der Waals surface area contributed by atoms with Gasteiger partial charge in [-0.05, 0) is 48.2 Å². The lowest BCUT2D eigenvalue weighted by atomic mass is 9.95. The largest absolute Gasteiger partial charge is 0.417 e. The second-order valence-corrected chi connectivity index (χ2v) is 6.43. The number of aldehydes is 1. The molecular formula is C20H17ClF4O. The highest BCUT2D eigenvalue weighted by Crippen LogP contribution is 2.33. The van der Waals surface area contributed by atoms with Crippen molar-refractivity contribution in [3.05, 3.63) is 74.8 Å². The SMILES string of the molecule is Cc1cc(C(/C=C/c2ccc(C=O)c(C(F)(F)F)c2)CF)cc(Cl)c1C. The molecule has 0 heterocycles. The van der Waals surface area contributed by atoms with Crippen molar-refractivity contribution in [3.63, 3.8) is 0 Å². The van der Waals surface area contributed by atoms with Crippen LogP contribution in [0.25, 0.3) is 6.08 Å². The topological polar surface area (TPSA) is 17.1 Å². The number of hydrogen-bond donors (Lipinski definition) is 0. The normalized spacial score (nSPS) is 13.2. The maximum absolute atomic E-state index is 13.5. The van der Waals surface area contributed by atoms with Gasteiger partial charge in [0.15, 0.2) is 6.29 Å². The minimum atomic E-state index is -4.64. The minimum Gasteiger partial charge on any atom is -0.298 e. The lowest BCUT2D eigenvalue weighted by molar-refractivity contribution is -0.137. The molecule has 2 rings (SSSR count). The molecule has 0 fully saturated rings. The summed E-state index contributed by atoms with van der Waals surface area (Å²) in [7, 11) is 0. The van der Waals surface area contributed by atoms with Gasteiger partial charge < -0.3 is 0 Å². The van der Waals surface area contributed by atoms with Crippen molar-refractivity contribution in [1.82, 2.24) is 0 Å². The Hall–Kier alpha value is -2.14. The second-order valence-electron chi connectivity index (χ2n) is 6.03. The Morgan fingerprint density at radius 2 is 1.85 bits per heavy atom. The zero-order chi connectivity index (χ0) is 19.5. The average Bonchev–Trinajstić information content (AvgIpc) is 2.59. The quantitative estimate of drug-likeness (QED) is 0.421. The van der Waals surface area contributed by atoms with E-state index in [9.17, 15) is 22.4 Å². The van der Waals surface area contributed by atoms with E-state index < -0.39 is 29.9 Å². The van der Waals surface area contributed by atoms with E-state index >= 15 is 0 Å². The fourth-order valence-electron chi connectivity index (χ4n) is 2.56. The molecule has 2 aromatic carbocycles. The molecular weight excluding hydrogens is 368 g/mol. The third-order valence-corrected chi connectivity index (χ3v) is 4.64. The summed E-state index contributed by atoms with van der Waals surface area (Å²) >= 11 is 6.14. The van der Waals surface area contributed by atoms with Crippen LogP contribution in [0.5, 0.6) is 0 Å². The molecule has 0 aliphatic heterocycles. The fourth-order valence-corrected chi connectivity index (χ4v) is 2.84. The third-order valence-electron chi connectivity index (χ3n) is 4.25. The van der Waals surface area contributed by atoms with E-state index in [1.54, 1.807) is 6.07 Å². The van der Waals surface area contributed by atoms with Gasteiger partial charge in [0.2, 0.25) is 0 Å². The minimum absolute atomic E-state index is 0.164. The van der Waals surface area contributed by atoms with Crippen molar-refractivity contribution in [2.45, 2.75) is 25.9 Å². The van der Waals surface area contributed by atoms with Gasteiger partial charge in [0, 0.05) is 16.5 Å². The Labute approximate surface area is 154 Å². The van der Waals surface area contributed by atoms with Crippen molar-refractivity contribution in [3.8, 4) is 0 Å². The summed E-state index contributed by atoms with van der Waals surface area (Å²) in [6.07, 6.45) is -1.56. The van der Waals surface area contributed by atoms with Crippen LogP contribution in [-0.4, -0.2) is 13.0 Å². The summed E-state index contributed by atoms with van der Waals surface area (Å²) in [5.74, 6) is -0.633. The maximum atomic E-state index is 13.5. The van der Waals surface area contributed by atoms with Crippen molar-refractivity contribution in [1.29, 1.82) is 0 Å². The lowest BCUT2D eigenvalue weighted by Gasteiger charge is -2.13. The highest BCUT2D eigenvalue weighted by Gasteiger charge is 2.33. The molecule has 6 heteroatoms. The van der Waals surface area contributed by atoms with Gasteiger partial charge in [-0.15, -0.1) is 0 Å². The van der Waals surface area contributed by atoms with Gasteiger partial charge in [-0.1, -0.05) is 42.0 Å². The number of allylic oxidation sites excluding steroid dienone is 1. The Balaban J connectivity index is 2.37. The smallest absolute Gasteiger partial charge is 0.298 e. The molecule has 2 aromatic rings. The van der Waals surface area contributed by atoms with Crippen LogP contribution < -0.4 is 0 Å². The van der Waals surface area contributed by atoms with Crippen molar-refractivity contribution in [2.24, 2.45) is 0 Å². The summed E-state index contributed by atoms with van der Waals surface area (Å²) in [5, 5.41) is 0.515. The van der Waals surface area contributed by atoms with Gasteiger partial charge in [-0.2, -0.15) is 13.2 Å². The first-order valence-corrected chi connectivity index (χ1v) is 8.22. The van der Waals surface area contributed by atoms with Crippen molar-refractivity contribution in [2.75, 3.05) is 6.67 Å². The van der Waals surface area contributed by atoms with E-state index in [1.807, 2.05) is 19.9 Å². The molecule has 1 unspecified atom stereocenters. The number of carbonyl (C=O) groups excluding carboxylic acids is 1. The Morgan fingerprint density at radius 3 is 2.38 bits per heavy atom. The lowest BCUT2D eigenvalue weighted by Crippen LogP contribution is -2.09. The standard InChI is InChI=1S/C20H17ClF4O/c1-12-7-17(9-19(21)13(12)2)15(10-22)5-3-14-4-6-16(11-26)18(8-14)20(23,24)25/h3-9,11,15H,10H2,1-2H3/b5-3+. The van der Waals surface area contributed by atoms with Crippen LogP contribution in [0.1, 0.15) is 44.1 Å². The zero-order valence-corrected chi connectivity index (χ0v) is 15.0. The highest BCUT2D eigenvalue weighted by atomic mass is 35.5. The third kappa shape index (κ3) is 4.52. The number of halogens is 5. The predicted molar refractivity (Wildman–Crippen MR) is 95.5 cm³/mol. The molecule has 0 aromatic heterocycles. The molecule has 0 spiro atoms. The molecule has 0 radical (unpaired) electrons. The molecule has 0 aliphatic carbocycles. The fraction of sp³-hybridized carbons (Fsp3) is 0.250. The highest BCUT2D eigenvalue weighted by molar-refractivity contribution is 6.31. The average molecular weight is 385 g/mol. The molecule has 0 bridgehead atoms. The van der Waals surface area contributed by atoms with Gasteiger partial charge in [-0.3, -0.25) is 9.18 Å². The van der Waals surface area contributed by atoms with E-state index in [2.05, 4.69) is 0 Å². The van der Waals surface area contributed by atoms with E-state index in [1.165, 1.54) is 18.2 Å². The van der Waals surface area contributed by atoms with E-state index in [4.69, 9.17) is 11.6 Å². The first-order chi connectivity index (χ1) is 12.2. The van der Waals surface area contributed by atoms with Crippen molar-refractivity contribution >= 4 is 24.0 Å². The predicted octanol–water partition coefficient (Wildman–Crippen LogP) is 6.55. The van der Waals surface area contributed by atoms with Crippen LogP contribution in [0.4, 0.5) is 17.6 Å². The summed E-state index contributed by atoms with van der Waals surface area (Å²) in [4.78, 5) is 10.8.